The van der Waals surface area contributed by atoms with Crippen molar-refractivity contribution < 1.29 is 0 Å². The van der Waals surface area contributed by atoms with Gasteiger partial charge in [0.2, 0.25) is 0 Å². The first-order valence-electron chi connectivity index (χ1n) is 6.76. The largest absolute Gasteiger partial charge is 0.368 e. The zero-order valence-corrected chi connectivity index (χ0v) is 12.6. The van der Waals surface area contributed by atoms with Gasteiger partial charge in [-0.1, -0.05) is 53.5 Å². The van der Waals surface area contributed by atoms with Gasteiger partial charge in [-0.15, -0.1) is 0 Å². The van der Waals surface area contributed by atoms with Gasteiger partial charge in [-0.25, -0.2) is 0 Å². The maximum atomic E-state index is 6.63. The second-order valence-corrected chi connectivity index (χ2v) is 5.70. The fourth-order valence-electron chi connectivity index (χ4n) is 2.54. The van der Waals surface area contributed by atoms with Gasteiger partial charge in [0.05, 0.1) is 10.7 Å². The average molecular weight is 307 g/mol. The van der Waals surface area contributed by atoms with Crippen LogP contribution < -0.4 is 10.2 Å². The number of benzene rings is 2. The van der Waals surface area contributed by atoms with Gasteiger partial charge < -0.3 is 10.2 Å². The van der Waals surface area contributed by atoms with Crippen LogP contribution in [0, 0.1) is 0 Å². The summed E-state index contributed by atoms with van der Waals surface area (Å²) in [5, 5.41) is 4.85. The molecule has 0 aromatic heterocycles. The minimum Gasteiger partial charge on any atom is -0.368 e. The van der Waals surface area contributed by atoms with Gasteiger partial charge in [-0.2, -0.15) is 0 Å². The molecule has 0 unspecified atom stereocenters. The Morgan fingerprint density at radius 1 is 0.950 bits per heavy atom. The van der Waals surface area contributed by atoms with Gasteiger partial charge >= 0.3 is 0 Å². The molecule has 1 fully saturated rings. The van der Waals surface area contributed by atoms with Crippen molar-refractivity contribution in [2.24, 2.45) is 0 Å². The highest BCUT2D eigenvalue weighted by Crippen LogP contribution is 2.38. The van der Waals surface area contributed by atoms with Crippen LogP contribution in [-0.4, -0.2) is 26.2 Å². The molecule has 2 nitrogen and oxygen atoms in total. The molecule has 20 heavy (non-hydrogen) atoms. The van der Waals surface area contributed by atoms with E-state index in [2.05, 4.69) is 22.3 Å². The van der Waals surface area contributed by atoms with E-state index in [1.54, 1.807) is 0 Å². The lowest BCUT2D eigenvalue weighted by molar-refractivity contribution is 0.589. The third-order valence-electron chi connectivity index (χ3n) is 3.56. The van der Waals surface area contributed by atoms with Gasteiger partial charge in [0, 0.05) is 36.8 Å². The molecule has 2 aromatic rings. The molecule has 1 N–H and O–H groups in total. The van der Waals surface area contributed by atoms with E-state index in [0.29, 0.717) is 0 Å². The van der Waals surface area contributed by atoms with E-state index in [4.69, 9.17) is 23.2 Å². The molecule has 0 atom stereocenters. The fraction of sp³-hybridized carbons (Fsp3) is 0.250. The summed E-state index contributed by atoms with van der Waals surface area (Å²) in [6.45, 7) is 3.86. The number of nitrogens with one attached hydrogen (secondary N) is 1. The summed E-state index contributed by atoms with van der Waals surface area (Å²) in [7, 11) is 0. The third-order valence-corrected chi connectivity index (χ3v) is 4.18. The summed E-state index contributed by atoms with van der Waals surface area (Å²) >= 11 is 12.9. The van der Waals surface area contributed by atoms with Gasteiger partial charge in [0.15, 0.2) is 0 Å². The maximum Gasteiger partial charge on any atom is 0.0718 e. The fourth-order valence-corrected chi connectivity index (χ4v) is 3.09. The van der Waals surface area contributed by atoms with Crippen LogP contribution >= 0.6 is 23.2 Å². The molecule has 104 valence electrons. The molecule has 1 aliphatic rings. The lowest BCUT2D eigenvalue weighted by Gasteiger charge is -2.31. The van der Waals surface area contributed by atoms with Crippen LogP contribution in [0.15, 0.2) is 42.5 Å². The SMILES string of the molecule is Clc1cc(-c2ccccc2)c(Cl)c(N2CCNCC2)c1. The number of hydrogen-bond donors (Lipinski definition) is 1. The Labute approximate surface area is 129 Å². The second kappa shape index (κ2) is 6.04. The molecule has 0 radical (unpaired) electrons. The van der Waals surface area contributed by atoms with E-state index in [-0.39, 0.29) is 0 Å². The van der Waals surface area contributed by atoms with Crippen molar-refractivity contribution in [3.8, 4) is 11.1 Å². The average Bonchev–Trinajstić information content (AvgIpc) is 2.51. The van der Waals surface area contributed by atoms with Crippen molar-refractivity contribution in [1.82, 2.24) is 5.32 Å². The highest BCUT2D eigenvalue weighted by atomic mass is 35.5. The molecule has 0 bridgehead atoms. The van der Waals surface area contributed by atoms with Gasteiger partial charge in [-0.05, 0) is 17.7 Å². The molecule has 1 heterocycles. The number of halogens is 2. The van der Waals surface area contributed by atoms with Crippen LogP contribution in [0.25, 0.3) is 11.1 Å². The van der Waals surface area contributed by atoms with Crippen LogP contribution in [0.5, 0.6) is 0 Å². The monoisotopic (exact) mass is 306 g/mol. The summed E-state index contributed by atoms with van der Waals surface area (Å²) in [5.41, 5.74) is 3.12. The first-order chi connectivity index (χ1) is 9.75. The number of anilines is 1. The van der Waals surface area contributed by atoms with Crippen LogP contribution in [0.4, 0.5) is 5.69 Å². The topological polar surface area (TPSA) is 15.3 Å². The second-order valence-electron chi connectivity index (χ2n) is 4.89. The Kier molecular flexibility index (Phi) is 4.16. The van der Waals surface area contributed by atoms with E-state index in [9.17, 15) is 0 Å². The predicted molar refractivity (Wildman–Crippen MR) is 87.0 cm³/mol. The molecule has 0 saturated carbocycles. The van der Waals surface area contributed by atoms with E-state index in [1.807, 2.05) is 30.3 Å². The molecule has 1 aliphatic heterocycles. The van der Waals surface area contributed by atoms with E-state index >= 15 is 0 Å². The van der Waals surface area contributed by atoms with Crippen LogP contribution in [0.2, 0.25) is 10.0 Å². The van der Waals surface area contributed by atoms with Crippen molar-refractivity contribution in [3.05, 3.63) is 52.5 Å². The number of piperazine rings is 1. The lowest BCUT2D eigenvalue weighted by atomic mass is 10.0. The standard InChI is InChI=1S/C16H16Cl2N2/c17-13-10-14(12-4-2-1-3-5-12)16(18)15(11-13)20-8-6-19-7-9-20/h1-5,10-11,19H,6-9H2. The zero-order valence-electron chi connectivity index (χ0n) is 11.1. The molecule has 3 rings (SSSR count). The highest BCUT2D eigenvalue weighted by Gasteiger charge is 2.17. The molecular weight excluding hydrogens is 291 g/mol. The highest BCUT2D eigenvalue weighted by molar-refractivity contribution is 6.38. The van der Waals surface area contributed by atoms with Gasteiger partial charge in [0.25, 0.3) is 0 Å². The minimum atomic E-state index is 0.724. The number of hydrogen-bond acceptors (Lipinski definition) is 2. The number of rotatable bonds is 2. The molecule has 0 spiro atoms. The summed E-state index contributed by atoms with van der Waals surface area (Å²) in [4.78, 5) is 2.29. The Morgan fingerprint density at radius 2 is 1.65 bits per heavy atom. The third kappa shape index (κ3) is 2.78. The normalized spacial score (nSPS) is 15.4. The van der Waals surface area contributed by atoms with Crippen LogP contribution in [0.3, 0.4) is 0 Å². The molecule has 4 heteroatoms. The Bertz CT molecular complexity index is 593. The van der Waals surface area contributed by atoms with Gasteiger partial charge in [-0.3, -0.25) is 0 Å². The first kappa shape index (κ1) is 13.7. The molecule has 2 aromatic carbocycles. The maximum absolute atomic E-state index is 6.63. The summed E-state index contributed by atoms with van der Waals surface area (Å²) in [5.74, 6) is 0. The van der Waals surface area contributed by atoms with Crippen molar-refractivity contribution in [2.75, 3.05) is 31.1 Å². The van der Waals surface area contributed by atoms with Crippen molar-refractivity contribution in [2.45, 2.75) is 0 Å². The summed E-state index contributed by atoms with van der Waals surface area (Å²) in [6, 6.07) is 14.0. The Morgan fingerprint density at radius 3 is 2.35 bits per heavy atom. The smallest absolute Gasteiger partial charge is 0.0718 e. The summed E-state index contributed by atoms with van der Waals surface area (Å²) in [6.07, 6.45) is 0. The quantitative estimate of drug-likeness (QED) is 0.899. The van der Waals surface area contributed by atoms with Crippen LogP contribution in [-0.2, 0) is 0 Å². The summed E-state index contributed by atoms with van der Waals surface area (Å²) < 4.78 is 0. The van der Waals surface area contributed by atoms with Crippen molar-refractivity contribution >= 4 is 28.9 Å². The van der Waals surface area contributed by atoms with E-state index in [0.717, 1.165) is 53.0 Å². The number of nitrogens with zero attached hydrogens (tertiary/aromatic N) is 1. The van der Waals surface area contributed by atoms with Crippen molar-refractivity contribution in [1.29, 1.82) is 0 Å². The Hall–Kier alpha value is -1.22. The Balaban J connectivity index is 2.06. The van der Waals surface area contributed by atoms with E-state index < -0.39 is 0 Å². The molecule has 1 saturated heterocycles. The lowest BCUT2D eigenvalue weighted by Crippen LogP contribution is -2.43. The van der Waals surface area contributed by atoms with Crippen LogP contribution in [0.1, 0.15) is 0 Å². The van der Waals surface area contributed by atoms with Gasteiger partial charge in [0.1, 0.15) is 0 Å². The molecular formula is C16H16Cl2N2. The zero-order chi connectivity index (χ0) is 13.9. The molecule has 0 amide bonds. The van der Waals surface area contributed by atoms with E-state index in [1.165, 1.54) is 0 Å². The predicted octanol–water partition coefficient (Wildman–Crippen LogP) is 4.07. The first-order valence-corrected chi connectivity index (χ1v) is 7.51. The van der Waals surface area contributed by atoms with Crippen molar-refractivity contribution in [3.63, 3.8) is 0 Å². The molecule has 0 aliphatic carbocycles. The minimum absolute atomic E-state index is 0.724.